The maximum absolute atomic E-state index is 12.0. The molecule has 24 heavy (non-hydrogen) atoms. The number of aromatic nitrogens is 3. The molecule has 0 aliphatic rings. The Labute approximate surface area is 141 Å². The van der Waals surface area contributed by atoms with E-state index in [1.54, 1.807) is 29.7 Å². The second kappa shape index (κ2) is 6.71. The molecule has 1 N–H and O–H groups in total. The third-order valence-corrected chi connectivity index (χ3v) is 3.64. The molecule has 0 aliphatic carbocycles. The SMILES string of the molecule is CCOC(=O)Cn1c(-c2nnco2)c(/C=N/O)c2ccc(Cl)cc21. The van der Waals surface area contributed by atoms with Gasteiger partial charge in [0.15, 0.2) is 0 Å². The van der Waals surface area contributed by atoms with Gasteiger partial charge in [0, 0.05) is 16.0 Å². The molecule has 0 atom stereocenters. The van der Waals surface area contributed by atoms with E-state index in [-0.39, 0.29) is 19.0 Å². The van der Waals surface area contributed by atoms with Crippen molar-refractivity contribution in [2.45, 2.75) is 13.5 Å². The molecule has 0 fully saturated rings. The highest BCUT2D eigenvalue weighted by Crippen LogP contribution is 2.33. The lowest BCUT2D eigenvalue weighted by atomic mass is 10.1. The molecule has 8 nitrogen and oxygen atoms in total. The van der Waals surface area contributed by atoms with Crippen LogP contribution in [-0.2, 0) is 16.1 Å². The van der Waals surface area contributed by atoms with Crippen molar-refractivity contribution in [3.63, 3.8) is 0 Å². The van der Waals surface area contributed by atoms with Crippen molar-refractivity contribution in [2.24, 2.45) is 5.16 Å². The zero-order chi connectivity index (χ0) is 17.1. The second-order valence-electron chi connectivity index (χ2n) is 4.80. The number of halogens is 1. The molecular formula is C15H13ClN4O4. The summed E-state index contributed by atoms with van der Waals surface area (Å²) in [5.74, 6) is -0.246. The summed E-state index contributed by atoms with van der Waals surface area (Å²) in [6.45, 7) is 1.91. The van der Waals surface area contributed by atoms with Crippen LogP contribution in [0.2, 0.25) is 5.02 Å². The molecule has 0 aliphatic heterocycles. The fourth-order valence-electron chi connectivity index (χ4n) is 2.54. The fraction of sp³-hybridized carbons (Fsp3) is 0.200. The van der Waals surface area contributed by atoms with Crippen LogP contribution in [0.5, 0.6) is 0 Å². The summed E-state index contributed by atoms with van der Waals surface area (Å²) in [4.78, 5) is 12.0. The Morgan fingerprint density at radius 3 is 3.04 bits per heavy atom. The van der Waals surface area contributed by atoms with Gasteiger partial charge in [-0.3, -0.25) is 4.79 Å². The molecule has 2 aromatic heterocycles. The number of rotatable bonds is 5. The van der Waals surface area contributed by atoms with Gasteiger partial charge in [-0.05, 0) is 19.1 Å². The van der Waals surface area contributed by atoms with E-state index < -0.39 is 5.97 Å². The monoisotopic (exact) mass is 348 g/mol. The van der Waals surface area contributed by atoms with E-state index in [1.807, 2.05) is 0 Å². The summed E-state index contributed by atoms with van der Waals surface area (Å²) in [7, 11) is 0. The van der Waals surface area contributed by atoms with Gasteiger partial charge in [-0.2, -0.15) is 0 Å². The van der Waals surface area contributed by atoms with Crippen molar-refractivity contribution in [1.29, 1.82) is 0 Å². The third-order valence-electron chi connectivity index (χ3n) is 3.41. The van der Waals surface area contributed by atoms with Crippen LogP contribution in [0.1, 0.15) is 12.5 Å². The van der Waals surface area contributed by atoms with Crippen LogP contribution in [-0.4, -0.2) is 38.8 Å². The Hall–Kier alpha value is -2.87. The number of nitrogens with zero attached hydrogens (tertiary/aromatic N) is 4. The molecular weight excluding hydrogens is 336 g/mol. The molecule has 0 saturated carbocycles. The third kappa shape index (κ3) is 2.83. The summed E-state index contributed by atoms with van der Waals surface area (Å²) in [5.41, 5.74) is 1.62. The van der Waals surface area contributed by atoms with Crippen LogP contribution in [0.15, 0.2) is 34.2 Å². The molecule has 0 unspecified atom stereocenters. The van der Waals surface area contributed by atoms with E-state index in [1.165, 1.54) is 12.6 Å². The standard InChI is InChI=1S/C15H13ClN4O4/c1-2-23-13(21)7-20-12-5-9(16)3-4-10(12)11(6-18-22)14(20)15-19-17-8-24-15/h3-6,8,22H,2,7H2,1H3/b18-6+. The lowest BCUT2D eigenvalue weighted by Crippen LogP contribution is -2.14. The van der Waals surface area contributed by atoms with Gasteiger partial charge in [-0.1, -0.05) is 22.8 Å². The number of carbonyl (C=O) groups excluding carboxylic acids is 1. The average Bonchev–Trinajstić information content (AvgIpc) is 3.16. The van der Waals surface area contributed by atoms with Crippen molar-refractivity contribution < 1.29 is 19.2 Å². The van der Waals surface area contributed by atoms with E-state index in [4.69, 9.17) is 26.0 Å². The first-order valence-electron chi connectivity index (χ1n) is 7.07. The molecule has 0 radical (unpaired) electrons. The summed E-state index contributed by atoms with van der Waals surface area (Å²) >= 11 is 6.09. The Kier molecular flexibility index (Phi) is 4.48. The van der Waals surface area contributed by atoms with Gasteiger partial charge in [-0.25, -0.2) is 0 Å². The molecule has 2 heterocycles. The molecule has 9 heteroatoms. The number of oxime groups is 1. The van der Waals surface area contributed by atoms with Crippen LogP contribution >= 0.6 is 11.6 Å². The normalized spacial score (nSPS) is 11.4. The highest BCUT2D eigenvalue weighted by molar-refractivity contribution is 6.31. The summed E-state index contributed by atoms with van der Waals surface area (Å²) < 4.78 is 11.9. The Bertz CT molecular complexity index is 902. The van der Waals surface area contributed by atoms with E-state index in [0.29, 0.717) is 21.8 Å². The summed E-state index contributed by atoms with van der Waals surface area (Å²) in [5, 5.41) is 20.9. The summed E-state index contributed by atoms with van der Waals surface area (Å²) in [6, 6.07) is 5.16. The lowest BCUT2D eigenvalue weighted by molar-refractivity contribution is -0.143. The van der Waals surface area contributed by atoms with Gasteiger partial charge in [-0.15, -0.1) is 10.2 Å². The first kappa shape index (κ1) is 16.0. The van der Waals surface area contributed by atoms with Crippen molar-refractivity contribution in [2.75, 3.05) is 6.61 Å². The van der Waals surface area contributed by atoms with Gasteiger partial charge in [0.25, 0.3) is 5.89 Å². The van der Waals surface area contributed by atoms with Crippen LogP contribution in [0, 0.1) is 0 Å². The molecule has 3 aromatic rings. The molecule has 3 rings (SSSR count). The fourth-order valence-corrected chi connectivity index (χ4v) is 2.71. The minimum atomic E-state index is -0.428. The zero-order valence-corrected chi connectivity index (χ0v) is 13.4. The van der Waals surface area contributed by atoms with Crippen LogP contribution in [0.25, 0.3) is 22.5 Å². The number of hydrogen-bond donors (Lipinski definition) is 1. The molecule has 0 saturated heterocycles. The van der Waals surface area contributed by atoms with E-state index in [2.05, 4.69) is 15.4 Å². The molecule has 0 spiro atoms. The van der Waals surface area contributed by atoms with Crippen molar-refractivity contribution in [1.82, 2.24) is 14.8 Å². The molecule has 124 valence electrons. The van der Waals surface area contributed by atoms with E-state index in [0.717, 1.165) is 5.39 Å². The van der Waals surface area contributed by atoms with Crippen LogP contribution in [0.3, 0.4) is 0 Å². The number of esters is 1. The van der Waals surface area contributed by atoms with Gasteiger partial charge >= 0.3 is 5.97 Å². The summed E-state index contributed by atoms with van der Waals surface area (Å²) in [6.07, 6.45) is 2.42. The highest BCUT2D eigenvalue weighted by atomic mass is 35.5. The van der Waals surface area contributed by atoms with Gasteiger partial charge in [0.2, 0.25) is 6.39 Å². The number of fused-ring (bicyclic) bond motifs is 1. The lowest BCUT2D eigenvalue weighted by Gasteiger charge is -2.08. The van der Waals surface area contributed by atoms with Crippen molar-refractivity contribution in [3.8, 4) is 11.6 Å². The zero-order valence-electron chi connectivity index (χ0n) is 12.6. The highest BCUT2D eigenvalue weighted by Gasteiger charge is 2.23. The molecule has 0 amide bonds. The van der Waals surface area contributed by atoms with E-state index >= 15 is 0 Å². The topological polar surface area (TPSA) is 103 Å². The maximum atomic E-state index is 12.0. The smallest absolute Gasteiger partial charge is 0.325 e. The second-order valence-corrected chi connectivity index (χ2v) is 5.24. The van der Waals surface area contributed by atoms with Gasteiger partial charge < -0.3 is 18.9 Å². The minimum absolute atomic E-state index is 0.0817. The van der Waals surface area contributed by atoms with Gasteiger partial charge in [0.05, 0.1) is 18.3 Å². The first-order valence-corrected chi connectivity index (χ1v) is 7.44. The molecule has 1 aromatic carbocycles. The minimum Gasteiger partial charge on any atom is -0.465 e. The number of hydrogen-bond acceptors (Lipinski definition) is 7. The van der Waals surface area contributed by atoms with Crippen molar-refractivity contribution >= 4 is 34.7 Å². The van der Waals surface area contributed by atoms with E-state index in [9.17, 15) is 4.79 Å². The average molecular weight is 349 g/mol. The predicted molar refractivity (Wildman–Crippen MR) is 86.3 cm³/mol. The predicted octanol–water partition coefficient (Wildman–Crippen LogP) is 2.72. The Morgan fingerprint density at radius 1 is 1.54 bits per heavy atom. The number of benzene rings is 1. The van der Waals surface area contributed by atoms with Crippen LogP contribution < -0.4 is 0 Å². The quantitative estimate of drug-likeness (QED) is 0.329. The largest absolute Gasteiger partial charge is 0.465 e. The number of ether oxygens (including phenoxy) is 1. The van der Waals surface area contributed by atoms with Crippen LogP contribution in [0.4, 0.5) is 0 Å². The first-order chi connectivity index (χ1) is 11.7. The van der Waals surface area contributed by atoms with Gasteiger partial charge in [0.1, 0.15) is 12.2 Å². The maximum Gasteiger partial charge on any atom is 0.325 e. The van der Waals surface area contributed by atoms with Crippen molar-refractivity contribution in [3.05, 3.63) is 35.2 Å². The Balaban J connectivity index is 2.30. The number of carbonyl (C=O) groups is 1. The molecule has 0 bridgehead atoms. The Morgan fingerprint density at radius 2 is 2.38 bits per heavy atom.